The highest BCUT2D eigenvalue weighted by atomic mass is 16.3. The first-order chi connectivity index (χ1) is 9.72. The van der Waals surface area contributed by atoms with E-state index in [-0.39, 0.29) is 18.0 Å². The van der Waals surface area contributed by atoms with E-state index in [0.29, 0.717) is 18.2 Å². The van der Waals surface area contributed by atoms with E-state index in [1.54, 1.807) is 24.5 Å². The molecule has 2 aromatic heterocycles. The number of nitrogens with zero attached hydrogens (tertiary/aromatic N) is 2. The zero-order valence-electron chi connectivity index (χ0n) is 10.9. The molecule has 1 aliphatic carbocycles. The van der Waals surface area contributed by atoms with Gasteiger partial charge >= 0.3 is 0 Å². The number of nitrogens with one attached hydrogen (secondary N) is 1. The van der Waals surface area contributed by atoms with Crippen molar-refractivity contribution in [3.05, 3.63) is 52.3 Å². The molecule has 3 rings (SSSR count). The van der Waals surface area contributed by atoms with Gasteiger partial charge in [0, 0.05) is 12.0 Å². The zero-order valence-corrected chi connectivity index (χ0v) is 10.9. The van der Waals surface area contributed by atoms with Crippen molar-refractivity contribution >= 4 is 5.91 Å². The summed E-state index contributed by atoms with van der Waals surface area (Å²) < 4.78 is 6.33. The average Bonchev–Trinajstić information content (AvgIpc) is 3.15. The highest BCUT2D eigenvalue weighted by molar-refractivity contribution is 5.75. The standard InChI is InChI=1S/C14H15N3O3/c18-13(15-8-11-2-1-7-20-11)9-17-14(19)6-5-12(16-17)10-3-4-10/h1-2,5-7,10H,3-4,8-9H2,(H,15,18). The van der Waals surface area contributed by atoms with Crippen LogP contribution in [0.4, 0.5) is 0 Å². The molecule has 1 aliphatic rings. The molecule has 104 valence electrons. The van der Waals surface area contributed by atoms with Crippen molar-refractivity contribution in [1.82, 2.24) is 15.1 Å². The Hall–Kier alpha value is -2.37. The summed E-state index contributed by atoms with van der Waals surface area (Å²) >= 11 is 0. The Kier molecular flexibility index (Phi) is 3.37. The molecule has 6 nitrogen and oxygen atoms in total. The van der Waals surface area contributed by atoms with E-state index in [4.69, 9.17) is 4.42 Å². The summed E-state index contributed by atoms with van der Waals surface area (Å²) in [7, 11) is 0. The molecule has 0 aromatic carbocycles. The van der Waals surface area contributed by atoms with Crippen LogP contribution in [-0.4, -0.2) is 15.7 Å². The molecule has 0 saturated heterocycles. The smallest absolute Gasteiger partial charge is 0.267 e. The van der Waals surface area contributed by atoms with Crippen LogP contribution < -0.4 is 10.9 Å². The van der Waals surface area contributed by atoms with Gasteiger partial charge in [-0.2, -0.15) is 5.10 Å². The van der Waals surface area contributed by atoms with Crippen LogP contribution in [0.3, 0.4) is 0 Å². The third-order valence-corrected chi connectivity index (χ3v) is 3.22. The van der Waals surface area contributed by atoms with Crippen LogP contribution in [0.5, 0.6) is 0 Å². The van der Waals surface area contributed by atoms with Gasteiger partial charge in [0.2, 0.25) is 5.91 Å². The highest BCUT2D eigenvalue weighted by Crippen LogP contribution is 2.38. The maximum absolute atomic E-state index is 11.8. The van der Waals surface area contributed by atoms with Gasteiger partial charge in [-0.15, -0.1) is 0 Å². The highest BCUT2D eigenvalue weighted by Gasteiger charge is 2.25. The van der Waals surface area contributed by atoms with Crippen LogP contribution in [0.2, 0.25) is 0 Å². The second-order valence-electron chi connectivity index (χ2n) is 4.88. The molecule has 20 heavy (non-hydrogen) atoms. The molecule has 1 amide bonds. The molecule has 1 saturated carbocycles. The first kappa shape index (κ1) is 12.7. The SMILES string of the molecule is O=C(Cn1nc(C2CC2)ccc1=O)NCc1ccco1. The fourth-order valence-electron chi connectivity index (χ4n) is 1.97. The van der Waals surface area contributed by atoms with Gasteiger partial charge in [-0.25, -0.2) is 4.68 Å². The topological polar surface area (TPSA) is 77.1 Å². The Morgan fingerprint density at radius 1 is 1.40 bits per heavy atom. The Labute approximate surface area is 115 Å². The maximum Gasteiger partial charge on any atom is 0.267 e. The summed E-state index contributed by atoms with van der Waals surface area (Å²) in [5.41, 5.74) is 0.631. The Morgan fingerprint density at radius 3 is 2.95 bits per heavy atom. The van der Waals surface area contributed by atoms with Crippen molar-refractivity contribution in [1.29, 1.82) is 0 Å². The largest absolute Gasteiger partial charge is 0.467 e. The van der Waals surface area contributed by atoms with E-state index in [0.717, 1.165) is 18.5 Å². The summed E-state index contributed by atoms with van der Waals surface area (Å²) in [6, 6.07) is 6.75. The van der Waals surface area contributed by atoms with Gasteiger partial charge in [0.05, 0.1) is 18.5 Å². The summed E-state index contributed by atoms with van der Waals surface area (Å²) in [6.07, 6.45) is 3.76. The number of aromatic nitrogens is 2. The van der Waals surface area contributed by atoms with Crippen molar-refractivity contribution < 1.29 is 9.21 Å². The van der Waals surface area contributed by atoms with E-state index in [9.17, 15) is 9.59 Å². The predicted molar refractivity (Wildman–Crippen MR) is 71.0 cm³/mol. The van der Waals surface area contributed by atoms with Crippen molar-refractivity contribution in [2.75, 3.05) is 0 Å². The van der Waals surface area contributed by atoms with E-state index in [1.165, 1.54) is 10.7 Å². The van der Waals surface area contributed by atoms with Crippen molar-refractivity contribution in [2.45, 2.75) is 31.8 Å². The third-order valence-electron chi connectivity index (χ3n) is 3.22. The molecular formula is C14H15N3O3. The Morgan fingerprint density at radius 2 is 2.25 bits per heavy atom. The lowest BCUT2D eigenvalue weighted by atomic mass is 10.3. The van der Waals surface area contributed by atoms with Gasteiger partial charge in [-0.1, -0.05) is 0 Å². The Bertz CT molecular complexity index is 657. The summed E-state index contributed by atoms with van der Waals surface area (Å²) in [4.78, 5) is 23.5. The van der Waals surface area contributed by atoms with Crippen molar-refractivity contribution in [3.8, 4) is 0 Å². The monoisotopic (exact) mass is 273 g/mol. The minimum absolute atomic E-state index is 0.0693. The molecule has 0 unspecified atom stereocenters. The number of hydrogen-bond donors (Lipinski definition) is 1. The van der Waals surface area contributed by atoms with Gasteiger partial charge in [0.1, 0.15) is 12.3 Å². The van der Waals surface area contributed by atoms with Crippen LogP contribution in [0.25, 0.3) is 0 Å². The second-order valence-corrected chi connectivity index (χ2v) is 4.88. The van der Waals surface area contributed by atoms with E-state index >= 15 is 0 Å². The third kappa shape index (κ3) is 2.96. The molecular weight excluding hydrogens is 258 g/mol. The van der Waals surface area contributed by atoms with Crippen LogP contribution in [0.15, 0.2) is 39.7 Å². The number of rotatable bonds is 5. The normalized spacial score (nSPS) is 14.2. The number of carbonyl (C=O) groups excluding carboxylic acids is 1. The molecule has 2 heterocycles. The minimum atomic E-state index is -0.262. The molecule has 6 heteroatoms. The van der Waals surface area contributed by atoms with Crippen molar-refractivity contribution in [2.24, 2.45) is 0 Å². The molecule has 0 bridgehead atoms. The first-order valence-electron chi connectivity index (χ1n) is 6.59. The van der Waals surface area contributed by atoms with Gasteiger partial charge in [-0.3, -0.25) is 9.59 Å². The minimum Gasteiger partial charge on any atom is -0.467 e. The summed E-state index contributed by atoms with van der Waals surface area (Å²) in [5.74, 6) is 0.863. The van der Waals surface area contributed by atoms with Crippen LogP contribution in [0.1, 0.15) is 30.2 Å². The zero-order chi connectivity index (χ0) is 13.9. The molecule has 1 N–H and O–H groups in total. The lowest BCUT2D eigenvalue weighted by Gasteiger charge is -2.06. The van der Waals surface area contributed by atoms with Crippen LogP contribution in [-0.2, 0) is 17.9 Å². The molecule has 0 radical (unpaired) electrons. The fourth-order valence-corrected chi connectivity index (χ4v) is 1.97. The van der Waals surface area contributed by atoms with Gasteiger partial charge in [0.15, 0.2) is 0 Å². The maximum atomic E-state index is 11.8. The Balaban J connectivity index is 1.63. The van der Waals surface area contributed by atoms with Crippen LogP contribution in [0, 0.1) is 0 Å². The molecule has 2 aromatic rings. The van der Waals surface area contributed by atoms with E-state index in [1.807, 2.05) is 0 Å². The lowest BCUT2D eigenvalue weighted by molar-refractivity contribution is -0.122. The van der Waals surface area contributed by atoms with Gasteiger partial charge in [0.25, 0.3) is 5.56 Å². The number of furan rings is 1. The molecule has 1 fully saturated rings. The fraction of sp³-hybridized carbons (Fsp3) is 0.357. The van der Waals surface area contributed by atoms with Gasteiger partial charge < -0.3 is 9.73 Å². The second kappa shape index (κ2) is 5.32. The van der Waals surface area contributed by atoms with Crippen LogP contribution >= 0.6 is 0 Å². The number of carbonyl (C=O) groups is 1. The number of amides is 1. The van der Waals surface area contributed by atoms with Crippen molar-refractivity contribution in [3.63, 3.8) is 0 Å². The predicted octanol–water partition coefficient (Wildman–Crippen LogP) is 1.03. The lowest BCUT2D eigenvalue weighted by Crippen LogP contribution is -2.33. The molecule has 0 spiro atoms. The van der Waals surface area contributed by atoms with Gasteiger partial charge in [-0.05, 0) is 31.0 Å². The quantitative estimate of drug-likeness (QED) is 0.882. The number of hydrogen-bond acceptors (Lipinski definition) is 4. The first-order valence-corrected chi connectivity index (χ1v) is 6.59. The summed E-state index contributed by atoms with van der Waals surface area (Å²) in [6.45, 7) is 0.239. The molecule has 0 aliphatic heterocycles. The van der Waals surface area contributed by atoms with E-state index < -0.39 is 0 Å². The summed E-state index contributed by atoms with van der Waals surface area (Å²) in [5, 5.41) is 6.93. The average molecular weight is 273 g/mol. The molecule has 0 atom stereocenters. The van der Waals surface area contributed by atoms with E-state index in [2.05, 4.69) is 10.4 Å².